The molecule has 0 radical (unpaired) electrons. The van der Waals surface area contributed by atoms with Gasteiger partial charge in [-0.25, -0.2) is 4.98 Å². The van der Waals surface area contributed by atoms with E-state index in [-0.39, 0.29) is 0 Å². The van der Waals surface area contributed by atoms with Crippen molar-refractivity contribution >= 4 is 5.69 Å². The van der Waals surface area contributed by atoms with Crippen molar-refractivity contribution in [3.63, 3.8) is 0 Å². The number of hydrogen-bond donors (Lipinski definition) is 1. The summed E-state index contributed by atoms with van der Waals surface area (Å²) in [6, 6.07) is 3.88. The maximum atomic E-state index is 9.44. The molecule has 0 saturated heterocycles. The molecule has 1 N–H and O–H groups in total. The molecule has 0 aromatic carbocycles. The molecule has 1 aliphatic heterocycles. The third-order valence-electron chi connectivity index (χ3n) is 3.31. The van der Waals surface area contributed by atoms with Gasteiger partial charge in [-0.2, -0.15) is 0 Å². The third kappa shape index (κ3) is 1.97. The van der Waals surface area contributed by atoms with Crippen molar-refractivity contribution in [1.82, 2.24) is 14.5 Å². The van der Waals surface area contributed by atoms with Crippen LogP contribution in [-0.2, 0) is 13.1 Å². The number of hydrogen-bond acceptors (Lipinski definition) is 4. The van der Waals surface area contributed by atoms with Gasteiger partial charge < -0.3 is 14.6 Å². The lowest BCUT2D eigenvalue weighted by molar-refractivity contribution is 0.194. The monoisotopic (exact) mass is 244 g/mol. The summed E-state index contributed by atoms with van der Waals surface area (Å²) in [7, 11) is 0. The summed E-state index contributed by atoms with van der Waals surface area (Å²) in [6.45, 7) is 4.44. The van der Waals surface area contributed by atoms with Crippen molar-refractivity contribution in [2.45, 2.75) is 26.1 Å². The van der Waals surface area contributed by atoms with Crippen LogP contribution in [0.5, 0.6) is 0 Å². The fourth-order valence-corrected chi connectivity index (χ4v) is 2.23. The van der Waals surface area contributed by atoms with Crippen molar-refractivity contribution in [3.8, 4) is 0 Å². The Bertz CT molecular complexity index is 532. The first kappa shape index (κ1) is 11.2. The van der Waals surface area contributed by atoms with E-state index in [0.29, 0.717) is 5.69 Å². The number of aliphatic hydroxyl groups excluding tert-OH is 1. The van der Waals surface area contributed by atoms with Crippen molar-refractivity contribution in [3.05, 3.63) is 42.2 Å². The molecule has 0 fully saturated rings. The van der Waals surface area contributed by atoms with Crippen LogP contribution in [-0.4, -0.2) is 26.2 Å². The molecule has 94 valence electrons. The second-order valence-corrected chi connectivity index (χ2v) is 4.58. The molecule has 3 rings (SSSR count). The molecule has 5 heteroatoms. The average molecular weight is 244 g/mol. The molecule has 1 aliphatic rings. The highest BCUT2D eigenvalue weighted by Crippen LogP contribution is 2.20. The first-order valence-electron chi connectivity index (χ1n) is 6.13. The molecule has 0 unspecified atom stereocenters. The minimum Gasteiger partial charge on any atom is -0.387 e. The highest BCUT2D eigenvalue weighted by molar-refractivity contribution is 5.45. The van der Waals surface area contributed by atoms with Crippen LogP contribution in [0.1, 0.15) is 24.5 Å². The van der Waals surface area contributed by atoms with Crippen LogP contribution in [0.4, 0.5) is 5.69 Å². The van der Waals surface area contributed by atoms with Crippen LogP contribution < -0.4 is 4.90 Å². The van der Waals surface area contributed by atoms with Gasteiger partial charge >= 0.3 is 0 Å². The Morgan fingerprint density at radius 3 is 2.89 bits per heavy atom. The second-order valence-electron chi connectivity index (χ2n) is 4.58. The molecule has 2 aromatic heterocycles. The van der Waals surface area contributed by atoms with Crippen molar-refractivity contribution in [1.29, 1.82) is 0 Å². The number of pyridine rings is 1. The number of anilines is 1. The predicted octanol–water partition coefficient (Wildman–Crippen LogP) is 1.35. The number of rotatable bonds is 2. The molecule has 0 saturated carbocycles. The number of imidazole rings is 1. The average Bonchev–Trinajstić information content (AvgIpc) is 2.86. The van der Waals surface area contributed by atoms with Crippen LogP contribution in [0.25, 0.3) is 0 Å². The second kappa shape index (κ2) is 4.42. The van der Waals surface area contributed by atoms with E-state index in [1.54, 1.807) is 6.92 Å². The standard InChI is InChI=1S/C13H16N4O/c1-10(18)12-3-2-11(8-15-12)17-7-6-16-5-4-14-13(16)9-17/h2-5,8,10,18H,6-7,9H2,1H3/t10-/m1/s1. The molecule has 5 nitrogen and oxygen atoms in total. The van der Waals surface area contributed by atoms with Crippen LogP contribution in [0.2, 0.25) is 0 Å². The van der Waals surface area contributed by atoms with Gasteiger partial charge in [-0.1, -0.05) is 0 Å². The molecule has 0 amide bonds. The summed E-state index contributed by atoms with van der Waals surface area (Å²) in [5.41, 5.74) is 1.78. The number of aliphatic hydroxyl groups is 1. The quantitative estimate of drug-likeness (QED) is 0.866. The summed E-state index contributed by atoms with van der Waals surface area (Å²) >= 11 is 0. The van der Waals surface area contributed by atoms with E-state index in [1.807, 2.05) is 30.7 Å². The smallest absolute Gasteiger partial charge is 0.128 e. The van der Waals surface area contributed by atoms with Gasteiger partial charge in [0.2, 0.25) is 0 Å². The molecule has 3 heterocycles. The van der Waals surface area contributed by atoms with Crippen molar-refractivity contribution < 1.29 is 5.11 Å². The zero-order valence-electron chi connectivity index (χ0n) is 10.3. The first-order chi connectivity index (χ1) is 8.74. The Balaban J connectivity index is 1.80. The van der Waals surface area contributed by atoms with Gasteiger partial charge in [0.15, 0.2) is 0 Å². The highest BCUT2D eigenvalue weighted by atomic mass is 16.3. The zero-order chi connectivity index (χ0) is 12.5. The SMILES string of the molecule is C[C@@H](O)c1ccc(N2CCn3ccnc3C2)cn1. The van der Waals surface area contributed by atoms with Crippen LogP contribution >= 0.6 is 0 Å². The topological polar surface area (TPSA) is 54.2 Å². The Hall–Kier alpha value is -1.88. The summed E-state index contributed by atoms with van der Waals surface area (Å²) in [5.74, 6) is 1.08. The Labute approximate surface area is 106 Å². The largest absolute Gasteiger partial charge is 0.387 e. The Kier molecular flexibility index (Phi) is 2.76. The molecular weight excluding hydrogens is 228 g/mol. The number of nitrogens with zero attached hydrogens (tertiary/aromatic N) is 4. The molecular formula is C13H16N4O. The Morgan fingerprint density at radius 2 is 2.17 bits per heavy atom. The maximum absolute atomic E-state index is 9.44. The zero-order valence-corrected chi connectivity index (χ0v) is 10.3. The minimum absolute atomic E-state index is 0.515. The third-order valence-corrected chi connectivity index (χ3v) is 3.31. The van der Waals surface area contributed by atoms with Gasteiger partial charge in [-0.15, -0.1) is 0 Å². The van der Waals surface area contributed by atoms with E-state index < -0.39 is 6.10 Å². The fraction of sp³-hybridized carbons (Fsp3) is 0.385. The van der Waals surface area contributed by atoms with E-state index in [1.165, 1.54) is 0 Å². The highest BCUT2D eigenvalue weighted by Gasteiger charge is 2.17. The lowest BCUT2D eigenvalue weighted by Gasteiger charge is -2.29. The van der Waals surface area contributed by atoms with E-state index in [9.17, 15) is 5.11 Å². The van der Waals surface area contributed by atoms with Crippen molar-refractivity contribution in [2.24, 2.45) is 0 Å². The molecule has 2 aromatic rings. The molecule has 18 heavy (non-hydrogen) atoms. The summed E-state index contributed by atoms with van der Waals surface area (Å²) in [5, 5.41) is 9.44. The lowest BCUT2D eigenvalue weighted by atomic mass is 10.2. The number of fused-ring (bicyclic) bond motifs is 1. The maximum Gasteiger partial charge on any atom is 0.128 e. The first-order valence-corrected chi connectivity index (χ1v) is 6.13. The van der Waals surface area contributed by atoms with Gasteiger partial charge in [0, 0.05) is 25.5 Å². The molecule has 0 spiro atoms. The van der Waals surface area contributed by atoms with Gasteiger partial charge in [0.1, 0.15) is 5.82 Å². The van der Waals surface area contributed by atoms with E-state index in [0.717, 1.165) is 31.1 Å². The summed E-state index contributed by atoms with van der Waals surface area (Å²) in [4.78, 5) is 10.9. The minimum atomic E-state index is -0.515. The fourth-order valence-electron chi connectivity index (χ4n) is 2.23. The van der Waals surface area contributed by atoms with Crippen LogP contribution in [0, 0.1) is 0 Å². The van der Waals surface area contributed by atoms with E-state index in [2.05, 4.69) is 19.4 Å². The summed E-state index contributed by atoms with van der Waals surface area (Å²) < 4.78 is 2.17. The Morgan fingerprint density at radius 1 is 1.28 bits per heavy atom. The molecule has 1 atom stereocenters. The molecule has 0 aliphatic carbocycles. The van der Waals surface area contributed by atoms with Gasteiger partial charge in [0.05, 0.1) is 30.2 Å². The van der Waals surface area contributed by atoms with Gasteiger partial charge in [-0.3, -0.25) is 4.98 Å². The van der Waals surface area contributed by atoms with Gasteiger partial charge in [-0.05, 0) is 19.1 Å². The van der Waals surface area contributed by atoms with Crippen LogP contribution in [0.15, 0.2) is 30.7 Å². The predicted molar refractivity (Wildman–Crippen MR) is 68.1 cm³/mol. The van der Waals surface area contributed by atoms with E-state index >= 15 is 0 Å². The lowest BCUT2D eigenvalue weighted by Crippen LogP contribution is -2.33. The van der Waals surface area contributed by atoms with Crippen LogP contribution in [0.3, 0.4) is 0 Å². The van der Waals surface area contributed by atoms with Gasteiger partial charge in [0.25, 0.3) is 0 Å². The summed E-state index contributed by atoms with van der Waals surface area (Å²) in [6.07, 6.45) is 5.16. The van der Waals surface area contributed by atoms with Crippen molar-refractivity contribution in [2.75, 3.05) is 11.4 Å². The normalized spacial score (nSPS) is 16.4. The molecule has 0 bridgehead atoms. The number of aromatic nitrogens is 3. The van der Waals surface area contributed by atoms with E-state index in [4.69, 9.17) is 0 Å².